The van der Waals surface area contributed by atoms with Crippen LogP contribution in [0.2, 0.25) is 0 Å². The van der Waals surface area contributed by atoms with Crippen LogP contribution in [0.1, 0.15) is 18.9 Å². The van der Waals surface area contributed by atoms with Gasteiger partial charge >= 0.3 is 5.97 Å². The third kappa shape index (κ3) is 5.40. The molecule has 0 aliphatic carbocycles. The highest BCUT2D eigenvalue weighted by Gasteiger charge is 2.02. The van der Waals surface area contributed by atoms with E-state index in [1.54, 1.807) is 13.0 Å². The van der Waals surface area contributed by atoms with Gasteiger partial charge in [0.25, 0.3) is 0 Å². The summed E-state index contributed by atoms with van der Waals surface area (Å²) in [5, 5.41) is 0. The predicted octanol–water partition coefficient (Wildman–Crippen LogP) is 2.11. The molecule has 0 N–H and O–H groups in total. The van der Waals surface area contributed by atoms with Crippen LogP contribution in [0.15, 0.2) is 18.2 Å². The number of hydrogen-bond donors (Lipinski definition) is 0. The molecule has 0 radical (unpaired) electrons. The summed E-state index contributed by atoms with van der Waals surface area (Å²) in [4.78, 5) is 11.0. The quantitative estimate of drug-likeness (QED) is 0.465. The summed E-state index contributed by atoms with van der Waals surface area (Å²) in [6.07, 6.45) is -0.0603. The first-order valence-corrected chi connectivity index (χ1v) is 5.73. The van der Waals surface area contributed by atoms with E-state index in [9.17, 15) is 9.18 Å². The fourth-order valence-corrected chi connectivity index (χ4v) is 1.24. The first-order valence-electron chi connectivity index (χ1n) is 5.73. The Morgan fingerprint density at radius 1 is 1.42 bits per heavy atom. The Bertz CT molecular complexity index is 488. The number of esters is 1. The van der Waals surface area contributed by atoms with E-state index in [0.717, 1.165) is 0 Å². The minimum Gasteiger partial charge on any atom is -0.467 e. The maximum atomic E-state index is 13.6. The summed E-state index contributed by atoms with van der Waals surface area (Å²) in [7, 11) is 1.48. The Labute approximate surface area is 111 Å². The summed E-state index contributed by atoms with van der Waals surface area (Å²) in [5.41, 5.74) is 0.203. The van der Waals surface area contributed by atoms with Gasteiger partial charge in [-0.25, -0.2) is 4.39 Å². The molecule has 0 heterocycles. The van der Waals surface area contributed by atoms with Gasteiger partial charge in [0.05, 0.1) is 12.2 Å². The van der Waals surface area contributed by atoms with Gasteiger partial charge in [0.15, 0.2) is 6.79 Å². The molecule has 1 rings (SSSR count). The summed E-state index contributed by atoms with van der Waals surface area (Å²) in [6, 6.07) is 4.28. The molecule has 1 aromatic carbocycles. The van der Waals surface area contributed by atoms with E-state index < -0.39 is 11.8 Å². The van der Waals surface area contributed by atoms with Crippen molar-refractivity contribution in [2.45, 2.75) is 13.3 Å². The second kappa shape index (κ2) is 8.11. The lowest BCUT2D eigenvalue weighted by Crippen LogP contribution is -2.01. The molecule has 0 saturated heterocycles. The van der Waals surface area contributed by atoms with Crippen molar-refractivity contribution in [3.63, 3.8) is 0 Å². The van der Waals surface area contributed by atoms with E-state index in [-0.39, 0.29) is 18.8 Å². The third-order valence-corrected chi connectivity index (χ3v) is 2.05. The number of carbonyl (C=O) groups excluding carboxylic acids is 1. The zero-order valence-corrected chi connectivity index (χ0v) is 10.9. The van der Waals surface area contributed by atoms with Gasteiger partial charge in [0.2, 0.25) is 0 Å². The number of methoxy groups -OCH3 is 1. The zero-order chi connectivity index (χ0) is 14.1. The van der Waals surface area contributed by atoms with Crippen LogP contribution in [0.3, 0.4) is 0 Å². The lowest BCUT2D eigenvalue weighted by atomic mass is 10.2. The van der Waals surface area contributed by atoms with Gasteiger partial charge in [0, 0.05) is 13.2 Å². The Morgan fingerprint density at radius 2 is 2.21 bits per heavy atom. The molecule has 0 atom stereocenters. The van der Waals surface area contributed by atoms with E-state index in [0.29, 0.717) is 12.4 Å². The number of rotatable bonds is 5. The number of benzene rings is 1. The van der Waals surface area contributed by atoms with Crippen molar-refractivity contribution in [3.05, 3.63) is 29.6 Å². The molecular weight excluding hydrogens is 251 g/mol. The summed E-state index contributed by atoms with van der Waals surface area (Å²) in [6.45, 7) is 2.07. The van der Waals surface area contributed by atoms with Gasteiger partial charge in [-0.15, -0.1) is 0 Å². The number of ether oxygens (including phenoxy) is 3. The number of carbonyl (C=O) groups is 1. The van der Waals surface area contributed by atoms with Crippen LogP contribution in [0.5, 0.6) is 5.75 Å². The lowest BCUT2D eigenvalue weighted by Gasteiger charge is -2.04. The highest BCUT2D eigenvalue weighted by Crippen LogP contribution is 2.15. The molecule has 19 heavy (non-hydrogen) atoms. The molecule has 0 aliphatic heterocycles. The van der Waals surface area contributed by atoms with Crippen molar-refractivity contribution in [3.8, 4) is 17.6 Å². The predicted molar refractivity (Wildman–Crippen MR) is 67.0 cm³/mol. The van der Waals surface area contributed by atoms with Crippen LogP contribution >= 0.6 is 0 Å². The second-order valence-corrected chi connectivity index (χ2v) is 3.48. The van der Waals surface area contributed by atoms with Gasteiger partial charge in [-0.05, 0) is 19.1 Å². The fourth-order valence-electron chi connectivity index (χ4n) is 1.24. The highest BCUT2D eigenvalue weighted by molar-refractivity contribution is 5.72. The fraction of sp³-hybridized carbons (Fsp3) is 0.357. The van der Waals surface area contributed by atoms with Gasteiger partial charge in [0.1, 0.15) is 18.0 Å². The summed E-state index contributed by atoms with van der Waals surface area (Å²) >= 11 is 0. The van der Waals surface area contributed by atoms with Crippen molar-refractivity contribution >= 4 is 5.97 Å². The smallest absolute Gasteiger partial charge is 0.317 e. The molecule has 102 valence electrons. The molecule has 0 bridgehead atoms. The van der Waals surface area contributed by atoms with Gasteiger partial charge in [-0.1, -0.05) is 11.8 Å². The van der Waals surface area contributed by atoms with Crippen LogP contribution in [0.4, 0.5) is 4.39 Å². The zero-order valence-electron chi connectivity index (χ0n) is 10.9. The number of halogens is 1. The minimum absolute atomic E-state index is 0.0489. The average Bonchev–Trinajstić information content (AvgIpc) is 2.39. The molecule has 0 saturated carbocycles. The average molecular weight is 266 g/mol. The topological polar surface area (TPSA) is 44.8 Å². The Hall–Kier alpha value is -2.06. The highest BCUT2D eigenvalue weighted by atomic mass is 19.1. The van der Waals surface area contributed by atoms with Gasteiger partial charge < -0.3 is 14.2 Å². The molecule has 0 aliphatic rings. The third-order valence-electron chi connectivity index (χ3n) is 2.05. The molecular formula is C14H15FO4. The van der Waals surface area contributed by atoms with Crippen molar-refractivity contribution in [1.82, 2.24) is 0 Å². The van der Waals surface area contributed by atoms with Crippen molar-refractivity contribution in [2.24, 2.45) is 0 Å². The molecule has 0 spiro atoms. The summed E-state index contributed by atoms with van der Waals surface area (Å²) < 4.78 is 28.1. The number of hydrogen-bond acceptors (Lipinski definition) is 4. The normalized spacial score (nSPS) is 9.42. The molecule has 0 aromatic heterocycles. The van der Waals surface area contributed by atoms with E-state index in [1.807, 2.05) is 0 Å². The van der Waals surface area contributed by atoms with Gasteiger partial charge in [-0.3, -0.25) is 4.79 Å². The largest absolute Gasteiger partial charge is 0.467 e. The maximum absolute atomic E-state index is 13.6. The van der Waals surface area contributed by atoms with Crippen molar-refractivity contribution < 1.29 is 23.4 Å². The van der Waals surface area contributed by atoms with Crippen LogP contribution in [-0.2, 0) is 14.3 Å². The summed E-state index contributed by atoms with van der Waals surface area (Å²) in [5.74, 6) is 4.56. The molecule has 4 nitrogen and oxygen atoms in total. The molecule has 0 fully saturated rings. The Morgan fingerprint density at radius 3 is 2.84 bits per heavy atom. The Kier molecular flexibility index (Phi) is 6.41. The van der Waals surface area contributed by atoms with E-state index in [4.69, 9.17) is 14.2 Å². The van der Waals surface area contributed by atoms with Crippen LogP contribution in [-0.4, -0.2) is 26.5 Å². The van der Waals surface area contributed by atoms with E-state index >= 15 is 0 Å². The second-order valence-electron chi connectivity index (χ2n) is 3.48. The van der Waals surface area contributed by atoms with E-state index in [2.05, 4.69) is 11.8 Å². The van der Waals surface area contributed by atoms with Crippen LogP contribution in [0, 0.1) is 17.7 Å². The molecule has 0 amide bonds. The molecule has 5 heteroatoms. The molecule has 1 aromatic rings. The van der Waals surface area contributed by atoms with Crippen molar-refractivity contribution in [2.75, 3.05) is 20.5 Å². The van der Waals surface area contributed by atoms with Crippen LogP contribution < -0.4 is 4.74 Å². The van der Waals surface area contributed by atoms with E-state index in [1.165, 1.54) is 19.2 Å². The van der Waals surface area contributed by atoms with Crippen molar-refractivity contribution in [1.29, 1.82) is 0 Å². The monoisotopic (exact) mass is 266 g/mol. The SMILES string of the molecule is CCOC(=O)CC#Cc1ccc(OCOC)cc1F. The lowest BCUT2D eigenvalue weighted by molar-refractivity contribution is -0.141. The van der Waals surface area contributed by atoms with Crippen LogP contribution in [0.25, 0.3) is 0 Å². The maximum Gasteiger partial charge on any atom is 0.317 e. The first-order chi connectivity index (χ1) is 9.17. The standard InChI is InChI=1S/C14H15FO4/c1-3-18-14(16)6-4-5-11-7-8-12(9-13(11)15)19-10-17-2/h7-9H,3,6,10H2,1-2H3. The minimum atomic E-state index is -0.509. The first kappa shape index (κ1) is 15.0. The van der Waals surface area contributed by atoms with Gasteiger partial charge in [-0.2, -0.15) is 0 Å². The molecule has 0 unspecified atom stereocenters. The Balaban J connectivity index is 2.64.